The first-order valence-corrected chi connectivity index (χ1v) is 11.0. The summed E-state index contributed by atoms with van der Waals surface area (Å²) in [6.07, 6.45) is 2.60. The number of fused-ring (bicyclic) bond motifs is 3. The molecule has 8 heteroatoms. The molecule has 0 spiro atoms. The molecule has 1 fully saturated rings. The van der Waals surface area contributed by atoms with Crippen LogP contribution in [0.3, 0.4) is 0 Å². The molecule has 2 aliphatic rings. The molecule has 1 heterocycles. The van der Waals surface area contributed by atoms with Crippen molar-refractivity contribution in [1.29, 1.82) is 0 Å². The number of carbonyl (C=O) groups excluding carboxylic acids is 1. The molecule has 1 saturated carbocycles. The van der Waals surface area contributed by atoms with Crippen molar-refractivity contribution >= 4 is 12.1 Å². The van der Waals surface area contributed by atoms with Gasteiger partial charge in [0.2, 0.25) is 0 Å². The van der Waals surface area contributed by atoms with Crippen molar-refractivity contribution in [3.63, 3.8) is 0 Å². The summed E-state index contributed by atoms with van der Waals surface area (Å²) in [4.78, 5) is 23.6. The third kappa shape index (κ3) is 4.21. The van der Waals surface area contributed by atoms with E-state index in [0.717, 1.165) is 11.1 Å². The Morgan fingerprint density at radius 1 is 1.06 bits per heavy atom. The summed E-state index contributed by atoms with van der Waals surface area (Å²) >= 11 is 0. The van der Waals surface area contributed by atoms with Crippen molar-refractivity contribution in [2.75, 3.05) is 6.61 Å². The number of aromatic carboxylic acids is 1. The van der Waals surface area contributed by atoms with Gasteiger partial charge in [-0.05, 0) is 41.0 Å². The van der Waals surface area contributed by atoms with Gasteiger partial charge in [-0.2, -0.15) is 5.10 Å². The fraction of sp³-hybridized carbons (Fsp3) is 0.320. The zero-order valence-corrected chi connectivity index (χ0v) is 17.9. The third-order valence-electron chi connectivity index (χ3n) is 6.60. The molecular weight excluding hydrogens is 422 g/mol. The maximum Gasteiger partial charge on any atom is 0.407 e. The highest BCUT2D eigenvalue weighted by molar-refractivity contribution is 5.86. The van der Waals surface area contributed by atoms with Crippen LogP contribution in [0.25, 0.3) is 11.1 Å². The second-order valence-electron chi connectivity index (χ2n) is 8.74. The average molecular weight is 447 g/mol. The summed E-state index contributed by atoms with van der Waals surface area (Å²) in [6.45, 7) is 0.699. The minimum absolute atomic E-state index is 0.0207. The lowest BCUT2D eigenvalue weighted by molar-refractivity contribution is 0.0696. The molecule has 8 nitrogen and oxygen atoms in total. The largest absolute Gasteiger partial charge is 0.478 e. The number of ether oxygens (including phenoxy) is 1. The number of nitrogens with zero attached hydrogens (tertiary/aromatic N) is 2. The van der Waals surface area contributed by atoms with Crippen LogP contribution in [0.2, 0.25) is 0 Å². The fourth-order valence-electron chi connectivity index (χ4n) is 5.05. The van der Waals surface area contributed by atoms with Gasteiger partial charge < -0.3 is 20.3 Å². The van der Waals surface area contributed by atoms with E-state index in [1.165, 1.54) is 23.5 Å². The van der Waals surface area contributed by atoms with E-state index in [0.29, 0.717) is 19.4 Å². The second-order valence-corrected chi connectivity index (χ2v) is 8.74. The number of hydrogen-bond donors (Lipinski definition) is 3. The molecule has 33 heavy (non-hydrogen) atoms. The Bertz CT molecular complexity index is 1140. The van der Waals surface area contributed by atoms with E-state index in [9.17, 15) is 14.7 Å². The summed E-state index contributed by atoms with van der Waals surface area (Å²) in [7, 11) is 0. The first-order chi connectivity index (χ1) is 16.0. The van der Waals surface area contributed by atoms with Gasteiger partial charge in [-0.25, -0.2) is 9.59 Å². The average Bonchev–Trinajstić information content (AvgIpc) is 3.49. The maximum atomic E-state index is 12.5. The number of hydrogen-bond acceptors (Lipinski definition) is 5. The highest BCUT2D eigenvalue weighted by atomic mass is 16.5. The topological polar surface area (TPSA) is 114 Å². The molecule has 1 unspecified atom stereocenters. The Labute approximate surface area is 190 Å². The first-order valence-electron chi connectivity index (χ1n) is 11.0. The van der Waals surface area contributed by atoms with Crippen molar-refractivity contribution < 1.29 is 24.5 Å². The molecular formula is C25H25N3O5. The van der Waals surface area contributed by atoms with Crippen molar-refractivity contribution in [2.45, 2.75) is 37.5 Å². The van der Waals surface area contributed by atoms with Gasteiger partial charge in [0.25, 0.3) is 0 Å². The third-order valence-corrected chi connectivity index (χ3v) is 6.60. The summed E-state index contributed by atoms with van der Waals surface area (Å²) < 4.78 is 7.16. The van der Waals surface area contributed by atoms with E-state index in [-0.39, 0.29) is 24.0 Å². The van der Waals surface area contributed by atoms with E-state index in [1.807, 2.05) is 24.3 Å². The Morgan fingerprint density at radius 3 is 2.36 bits per heavy atom. The van der Waals surface area contributed by atoms with Gasteiger partial charge >= 0.3 is 12.1 Å². The number of carboxylic acid groups (broad SMARTS) is 1. The summed E-state index contributed by atoms with van der Waals surface area (Å²) in [5.74, 6) is -0.976. The summed E-state index contributed by atoms with van der Waals surface area (Å²) in [5, 5.41) is 26.3. The molecule has 170 valence electrons. The number of nitrogens with one attached hydrogen (secondary N) is 1. The van der Waals surface area contributed by atoms with E-state index in [1.54, 1.807) is 4.68 Å². The van der Waals surface area contributed by atoms with Gasteiger partial charge in [0.1, 0.15) is 6.61 Å². The Balaban J connectivity index is 1.17. The first kappa shape index (κ1) is 21.2. The molecule has 0 radical (unpaired) electrons. The lowest BCUT2D eigenvalue weighted by Crippen LogP contribution is -2.40. The van der Waals surface area contributed by atoms with Crippen LogP contribution in [0.1, 0.15) is 40.2 Å². The molecule has 3 aromatic rings. The van der Waals surface area contributed by atoms with Crippen LogP contribution in [0.4, 0.5) is 4.79 Å². The van der Waals surface area contributed by atoms with Crippen LogP contribution < -0.4 is 5.32 Å². The van der Waals surface area contributed by atoms with Gasteiger partial charge in [-0.1, -0.05) is 48.5 Å². The predicted molar refractivity (Wildman–Crippen MR) is 120 cm³/mol. The van der Waals surface area contributed by atoms with Crippen LogP contribution in [-0.2, 0) is 11.3 Å². The number of rotatable bonds is 6. The molecule has 0 bridgehead atoms. The van der Waals surface area contributed by atoms with Gasteiger partial charge in [0.05, 0.1) is 23.9 Å². The van der Waals surface area contributed by atoms with Crippen LogP contribution in [0, 0.1) is 5.92 Å². The zero-order chi connectivity index (χ0) is 22.9. The monoisotopic (exact) mass is 447 g/mol. The molecule has 0 aliphatic heterocycles. The number of aliphatic hydroxyl groups is 1. The van der Waals surface area contributed by atoms with Crippen LogP contribution >= 0.6 is 0 Å². The van der Waals surface area contributed by atoms with Gasteiger partial charge in [-0.3, -0.25) is 4.68 Å². The molecule has 3 atom stereocenters. The number of carbonyl (C=O) groups is 2. The van der Waals surface area contributed by atoms with E-state index < -0.39 is 24.2 Å². The molecule has 1 amide bonds. The maximum absolute atomic E-state index is 12.5. The quantitative estimate of drug-likeness (QED) is 0.535. The fourth-order valence-corrected chi connectivity index (χ4v) is 5.05. The lowest BCUT2D eigenvalue weighted by Gasteiger charge is -2.18. The van der Waals surface area contributed by atoms with Gasteiger partial charge in [-0.15, -0.1) is 0 Å². The second kappa shape index (κ2) is 8.71. The molecule has 2 aliphatic carbocycles. The normalized spacial score (nSPS) is 21.4. The van der Waals surface area contributed by atoms with Crippen LogP contribution in [0.5, 0.6) is 0 Å². The molecule has 0 saturated heterocycles. The lowest BCUT2D eigenvalue weighted by atomic mass is 9.98. The van der Waals surface area contributed by atoms with Crippen molar-refractivity contribution in [3.05, 3.63) is 77.6 Å². The van der Waals surface area contributed by atoms with Crippen molar-refractivity contribution in [1.82, 2.24) is 15.1 Å². The number of carboxylic acids is 1. The Morgan fingerprint density at radius 2 is 1.73 bits per heavy atom. The zero-order valence-electron chi connectivity index (χ0n) is 17.9. The van der Waals surface area contributed by atoms with Crippen molar-refractivity contribution in [3.8, 4) is 11.1 Å². The van der Waals surface area contributed by atoms with Crippen LogP contribution in [-0.4, -0.2) is 50.8 Å². The van der Waals surface area contributed by atoms with E-state index >= 15 is 0 Å². The highest BCUT2D eigenvalue weighted by Crippen LogP contribution is 2.44. The standard InChI is InChI=1S/C25H25N3O5/c29-23-10-15(12-28-13-16(11-26-28)24(30)31)9-22(23)27-25(32)33-14-21-19-7-3-1-5-17(19)18-6-2-4-8-20(18)21/h1-8,11,13,15,21-23,29H,9-10,12,14H2,(H,27,32)(H,30,31)/t15?,22-,23-/m1/s1. The Kier molecular flexibility index (Phi) is 5.60. The van der Waals surface area contributed by atoms with Gasteiger partial charge in [0.15, 0.2) is 0 Å². The van der Waals surface area contributed by atoms with E-state index in [4.69, 9.17) is 9.84 Å². The number of aromatic nitrogens is 2. The predicted octanol–water partition coefficient (Wildman–Crippen LogP) is 3.26. The van der Waals surface area contributed by atoms with Crippen molar-refractivity contribution in [2.24, 2.45) is 5.92 Å². The summed E-state index contributed by atoms with van der Waals surface area (Å²) in [5.41, 5.74) is 4.75. The Hall–Kier alpha value is -3.65. The smallest absolute Gasteiger partial charge is 0.407 e. The number of alkyl carbamates (subject to hydrolysis) is 1. The molecule has 3 N–H and O–H groups in total. The highest BCUT2D eigenvalue weighted by Gasteiger charge is 2.35. The molecule has 1 aromatic heterocycles. The van der Waals surface area contributed by atoms with Crippen LogP contribution in [0.15, 0.2) is 60.9 Å². The number of benzene rings is 2. The summed E-state index contributed by atoms with van der Waals surface area (Å²) in [6, 6.07) is 15.9. The van der Waals surface area contributed by atoms with Gasteiger partial charge in [0, 0.05) is 18.7 Å². The SMILES string of the molecule is O=C(N[C@@H]1CC(Cn2cc(C(=O)O)cn2)C[C@H]1O)OCC1c2ccccc2-c2ccccc21. The minimum Gasteiger partial charge on any atom is -0.478 e. The molecule has 2 aromatic carbocycles. The number of amides is 1. The minimum atomic E-state index is -1.03. The van der Waals surface area contributed by atoms with E-state index in [2.05, 4.69) is 34.7 Å². The molecule has 5 rings (SSSR count). The number of aliphatic hydroxyl groups excluding tert-OH is 1.